The number of halogens is 1. The minimum atomic E-state index is 0.414. The van der Waals surface area contributed by atoms with Crippen LogP contribution in [-0.4, -0.2) is 27.3 Å². The maximum Gasteiger partial charge on any atom is 0.195 e. The van der Waals surface area contributed by atoms with Crippen molar-refractivity contribution >= 4 is 51.4 Å². The zero-order valence-corrected chi connectivity index (χ0v) is 11.6. The molecular weight excluding hydrogens is 290 g/mol. The monoisotopic (exact) mass is 299 g/mol. The summed E-state index contributed by atoms with van der Waals surface area (Å²) >= 11 is 12.5. The largest absolute Gasteiger partial charge is 0.358 e. The summed E-state index contributed by atoms with van der Waals surface area (Å²) in [7, 11) is 0. The average Bonchev–Trinajstić information content (AvgIpc) is 2.89. The number of thiazole rings is 1. The smallest absolute Gasteiger partial charge is 0.195 e. The lowest BCUT2D eigenvalue weighted by atomic mass is 10.5. The van der Waals surface area contributed by atoms with Crippen LogP contribution in [-0.2, 0) is 0 Å². The van der Waals surface area contributed by atoms with Crippen molar-refractivity contribution in [3.63, 3.8) is 0 Å². The third-order valence-electron chi connectivity index (χ3n) is 2.01. The number of imidazole rings is 1. The Bertz CT molecular complexity index is 600. The summed E-state index contributed by atoms with van der Waals surface area (Å²) in [5.41, 5.74) is 3.40. The quantitative estimate of drug-likeness (QED) is 0.393. The second-order valence-electron chi connectivity index (χ2n) is 3.21. The highest BCUT2D eigenvalue weighted by atomic mass is 35.5. The van der Waals surface area contributed by atoms with E-state index in [-0.39, 0.29) is 0 Å². The molecule has 0 aliphatic carbocycles. The third kappa shape index (κ3) is 2.87. The van der Waals surface area contributed by atoms with E-state index in [1.807, 2.05) is 16.0 Å². The Hall–Kier alpha value is -1.44. The zero-order valence-electron chi connectivity index (χ0n) is 9.26. The van der Waals surface area contributed by atoms with E-state index >= 15 is 0 Å². The van der Waals surface area contributed by atoms with Crippen molar-refractivity contribution < 1.29 is 0 Å². The Labute approximate surface area is 118 Å². The predicted molar refractivity (Wildman–Crippen MR) is 79.6 cm³/mol. The van der Waals surface area contributed by atoms with Crippen LogP contribution < -0.4 is 10.7 Å². The van der Waals surface area contributed by atoms with Gasteiger partial charge in [0, 0.05) is 18.1 Å². The van der Waals surface area contributed by atoms with E-state index in [2.05, 4.69) is 27.4 Å². The summed E-state index contributed by atoms with van der Waals surface area (Å²) in [4.78, 5) is 5.01. The molecule has 18 heavy (non-hydrogen) atoms. The van der Waals surface area contributed by atoms with Crippen LogP contribution in [0, 0.1) is 0 Å². The topological polar surface area (TPSA) is 53.7 Å². The van der Waals surface area contributed by atoms with Crippen molar-refractivity contribution in [1.82, 2.24) is 20.1 Å². The number of nitrogens with one attached hydrogen (secondary N) is 2. The number of rotatable bonds is 4. The van der Waals surface area contributed by atoms with E-state index < -0.39 is 0 Å². The fourth-order valence-corrected chi connectivity index (χ4v) is 2.38. The molecule has 0 aromatic carbocycles. The number of thiocarbonyl (C=S) groups is 1. The Morgan fingerprint density at radius 2 is 2.56 bits per heavy atom. The first kappa shape index (κ1) is 13.0. The van der Waals surface area contributed by atoms with Crippen molar-refractivity contribution in [3.8, 4) is 0 Å². The van der Waals surface area contributed by atoms with Crippen LogP contribution in [0.4, 0.5) is 0 Å². The fraction of sp³-hybridized carbons (Fsp3) is 0.100. The zero-order chi connectivity index (χ0) is 13.0. The Kier molecular flexibility index (Phi) is 4.29. The second kappa shape index (κ2) is 5.94. The van der Waals surface area contributed by atoms with Gasteiger partial charge >= 0.3 is 0 Å². The number of aromatic nitrogens is 2. The molecule has 0 aliphatic heterocycles. The van der Waals surface area contributed by atoms with Gasteiger partial charge in [-0.25, -0.2) is 4.98 Å². The molecule has 2 rings (SSSR count). The highest BCUT2D eigenvalue weighted by Crippen LogP contribution is 2.19. The highest BCUT2D eigenvalue weighted by Gasteiger charge is 2.08. The average molecular weight is 300 g/mol. The number of nitrogens with zero attached hydrogens (tertiary/aromatic N) is 3. The van der Waals surface area contributed by atoms with E-state index in [4.69, 9.17) is 23.8 Å². The van der Waals surface area contributed by atoms with Gasteiger partial charge in [-0.3, -0.25) is 9.83 Å². The van der Waals surface area contributed by atoms with E-state index in [0.29, 0.717) is 22.5 Å². The van der Waals surface area contributed by atoms with Crippen LogP contribution in [0.5, 0.6) is 0 Å². The van der Waals surface area contributed by atoms with Crippen molar-refractivity contribution in [1.29, 1.82) is 0 Å². The molecular formula is C10H10ClN5S2. The molecule has 2 aromatic rings. The first-order valence-electron chi connectivity index (χ1n) is 5.01. The lowest BCUT2D eigenvalue weighted by Crippen LogP contribution is -2.31. The van der Waals surface area contributed by atoms with Gasteiger partial charge in [0.2, 0.25) is 0 Å². The number of hydrogen-bond acceptors (Lipinski definition) is 4. The summed E-state index contributed by atoms with van der Waals surface area (Å²) in [6.07, 6.45) is 5.17. The summed E-state index contributed by atoms with van der Waals surface area (Å²) in [5.74, 6) is 0. The molecule has 2 heterocycles. The van der Waals surface area contributed by atoms with Crippen LogP contribution in [0.25, 0.3) is 4.96 Å². The van der Waals surface area contributed by atoms with Crippen molar-refractivity contribution in [3.05, 3.63) is 35.1 Å². The molecule has 0 saturated carbocycles. The molecule has 0 amide bonds. The third-order valence-corrected chi connectivity index (χ3v) is 3.28. The van der Waals surface area contributed by atoms with E-state index in [0.717, 1.165) is 4.96 Å². The van der Waals surface area contributed by atoms with Crippen molar-refractivity contribution in [2.45, 2.75) is 0 Å². The Morgan fingerprint density at radius 3 is 3.33 bits per heavy atom. The van der Waals surface area contributed by atoms with Crippen LogP contribution in [0.2, 0.25) is 5.15 Å². The summed E-state index contributed by atoms with van der Waals surface area (Å²) in [6.45, 7) is 4.16. The molecule has 0 bridgehead atoms. The molecule has 0 atom stereocenters. The molecule has 5 nitrogen and oxygen atoms in total. The van der Waals surface area contributed by atoms with Crippen molar-refractivity contribution in [2.75, 3.05) is 6.54 Å². The molecule has 2 aromatic heterocycles. The molecule has 94 valence electrons. The van der Waals surface area contributed by atoms with Crippen molar-refractivity contribution in [2.24, 2.45) is 5.10 Å². The van der Waals surface area contributed by atoms with E-state index in [9.17, 15) is 0 Å². The van der Waals surface area contributed by atoms with Crippen LogP contribution in [0.1, 0.15) is 5.69 Å². The maximum absolute atomic E-state index is 6.00. The minimum absolute atomic E-state index is 0.414. The summed E-state index contributed by atoms with van der Waals surface area (Å²) in [5, 5.41) is 9.67. The number of hydrazone groups is 1. The molecule has 2 N–H and O–H groups in total. The van der Waals surface area contributed by atoms with Crippen LogP contribution >= 0.6 is 35.2 Å². The Morgan fingerprint density at radius 1 is 1.72 bits per heavy atom. The SMILES string of the molecule is C=CCNC(=S)N/N=C\c1c(Cl)nc2sccn12. The number of hydrogen-bond donors (Lipinski definition) is 2. The lowest BCUT2D eigenvalue weighted by Gasteiger charge is -2.02. The van der Waals surface area contributed by atoms with Gasteiger partial charge in [-0.1, -0.05) is 17.7 Å². The highest BCUT2D eigenvalue weighted by molar-refractivity contribution is 7.80. The van der Waals surface area contributed by atoms with E-state index in [1.165, 1.54) is 11.3 Å². The van der Waals surface area contributed by atoms with Gasteiger partial charge in [-0.2, -0.15) is 5.10 Å². The molecule has 0 saturated heterocycles. The first-order valence-corrected chi connectivity index (χ1v) is 6.68. The standard InChI is InChI=1S/C10H10ClN5S2/c1-2-3-12-9(17)15-13-6-7-8(11)14-10-16(7)4-5-18-10/h2,4-6H,1,3H2,(H2,12,15,17)/b13-6-. The molecule has 0 aliphatic rings. The predicted octanol–water partition coefficient (Wildman–Crippen LogP) is 2.03. The number of fused-ring (bicyclic) bond motifs is 1. The van der Waals surface area contributed by atoms with E-state index in [1.54, 1.807) is 12.3 Å². The van der Waals surface area contributed by atoms with Crippen LogP contribution in [0.3, 0.4) is 0 Å². The van der Waals surface area contributed by atoms with Gasteiger partial charge in [-0.15, -0.1) is 17.9 Å². The van der Waals surface area contributed by atoms with Gasteiger partial charge < -0.3 is 5.32 Å². The van der Waals surface area contributed by atoms with Crippen LogP contribution in [0.15, 0.2) is 29.3 Å². The summed E-state index contributed by atoms with van der Waals surface area (Å²) < 4.78 is 1.86. The molecule has 8 heteroatoms. The lowest BCUT2D eigenvalue weighted by molar-refractivity contribution is 0.940. The second-order valence-corrected chi connectivity index (χ2v) is 4.85. The molecule has 0 fully saturated rings. The van der Waals surface area contributed by atoms with Gasteiger partial charge in [0.05, 0.1) is 6.21 Å². The van der Waals surface area contributed by atoms with Gasteiger partial charge in [0.15, 0.2) is 15.2 Å². The minimum Gasteiger partial charge on any atom is -0.358 e. The fourth-order valence-electron chi connectivity index (χ4n) is 1.25. The normalized spacial score (nSPS) is 10.9. The maximum atomic E-state index is 6.00. The molecule has 0 radical (unpaired) electrons. The molecule has 0 unspecified atom stereocenters. The first-order chi connectivity index (χ1) is 8.72. The van der Waals surface area contributed by atoms with Gasteiger partial charge in [-0.05, 0) is 12.2 Å². The Balaban J connectivity index is 2.04. The summed E-state index contributed by atoms with van der Waals surface area (Å²) in [6, 6.07) is 0. The van der Waals surface area contributed by atoms with Gasteiger partial charge in [0.1, 0.15) is 5.69 Å². The van der Waals surface area contributed by atoms with Gasteiger partial charge in [0.25, 0.3) is 0 Å². The molecule has 0 spiro atoms.